The molecular weight excluding hydrogens is 304 g/mol. The van der Waals surface area contributed by atoms with Crippen LogP contribution >= 0.6 is 11.6 Å². The van der Waals surface area contributed by atoms with Gasteiger partial charge in [0.2, 0.25) is 16.1 Å². The minimum atomic E-state index is -4.41. The van der Waals surface area contributed by atoms with Gasteiger partial charge in [0.05, 0.1) is 20.2 Å². The monoisotopic (exact) mass is 318 g/mol. The average Bonchev–Trinajstić information content (AvgIpc) is 2.67. The molecule has 0 aliphatic carbocycles. The van der Waals surface area contributed by atoms with Crippen LogP contribution < -0.4 is 4.68 Å². The van der Waals surface area contributed by atoms with Crippen molar-refractivity contribution in [3.05, 3.63) is 41.6 Å². The molecule has 0 fully saturated rings. The van der Waals surface area contributed by atoms with Gasteiger partial charge in [-0.15, -0.1) is 9.36 Å². The van der Waals surface area contributed by atoms with Crippen molar-refractivity contribution in [2.24, 2.45) is 14.1 Å². The molecule has 110 valence electrons. The van der Waals surface area contributed by atoms with E-state index >= 15 is 0 Å². The zero-order valence-electron chi connectivity index (χ0n) is 11.3. The van der Waals surface area contributed by atoms with E-state index in [9.17, 15) is 13.0 Å². The highest BCUT2D eigenvalue weighted by molar-refractivity contribution is 7.80. The Morgan fingerprint density at radius 3 is 2.15 bits per heavy atom. The molecule has 0 saturated heterocycles. The number of hydrogen-bond donors (Lipinski definition) is 0. The van der Waals surface area contributed by atoms with Crippen LogP contribution in [0.2, 0.25) is 5.15 Å². The summed E-state index contributed by atoms with van der Waals surface area (Å²) in [6, 6.07) is 12.2. The molecule has 6 nitrogen and oxygen atoms in total. The van der Waals surface area contributed by atoms with E-state index in [1.807, 2.05) is 47.7 Å². The topological polar surface area (TPSA) is 75.2 Å². The van der Waals surface area contributed by atoms with Crippen molar-refractivity contribution in [3.63, 3.8) is 0 Å². The molecule has 0 bridgehead atoms. The van der Waals surface area contributed by atoms with Crippen molar-refractivity contribution in [1.82, 2.24) is 4.68 Å². The molecule has 0 aliphatic rings. The van der Waals surface area contributed by atoms with Crippen LogP contribution in [0.4, 0.5) is 0 Å². The van der Waals surface area contributed by atoms with Crippen molar-refractivity contribution in [2.75, 3.05) is 7.11 Å². The molecule has 20 heavy (non-hydrogen) atoms. The van der Waals surface area contributed by atoms with Gasteiger partial charge >= 0.3 is 0 Å². The second-order valence-electron chi connectivity index (χ2n) is 3.84. The first-order valence-electron chi connectivity index (χ1n) is 5.54. The molecule has 0 aliphatic heterocycles. The van der Waals surface area contributed by atoms with E-state index in [0.717, 1.165) is 18.0 Å². The molecule has 0 saturated carbocycles. The minimum Gasteiger partial charge on any atom is -0.726 e. The predicted octanol–water partition coefficient (Wildman–Crippen LogP) is 1.26. The molecule has 0 unspecified atom stereocenters. The van der Waals surface area contributed by atoms with Gasteiger partial charge in [0, 0.05) is 5.56 Å². The highest BCUT2D eigenvalue weighted by atomic mass is 35.5. The average molecular weight is 319 g/mol. The maximum absolute atomic E-state index is 9.22. The third-order valence-corrected chi connectivity index (χ3v) is 3.40. The van der Waals surface area contributed by atoms with Gasteiger partial charge in [0.15, 0.2) is 12.2 Å². The predicted molar refractivity (Wildman–Crippen MR) is 73.7 cm³/mol. The summed E-state index contributed by atoms with van der Waals surface area (Å²) in [4.78, 5) is 0. The van der Waals surface area contributed by atoms with Gasteiger partial charge in [0.1, 0.15) is 0 Å². The lowest BCUT2D eigenvalue weighted by Gasteiger charge is -1.98. The van der Waals surface area contributed by atoms with Crippen LogP contribution in [0.25, 0.3) is 11.3 Å². The smallest absolute Gasteiger partial charge is 0.239 e. The fourth-order valence-electron chi connectivity index (χ4n) is 1.48. The van der Waals surface area contributed by atoms with E-state index in [1.165, 1.54) is 5.56 Å². The van der Waals surface area contributed by atoms with Crippen molar-refractivity contribution >= 4 is 22.0 Å². The maximum Gasteiger partial charge on any atom is 0.239 e. The summed E-state index contributed by atoms with van der Waals surface area (Å²) in [5, 5.41) is 0.742. The Kier molecular flexibility index (Phi) is 5.70. The van der Waals surface area contributed by atoms with Gasteiger partial charge in [-0.2, -0.15) is 0 Å². The highest BCUT2D eigenvalue weighted by Crippen LogP contribution is 2.18. The summed E-state index contributed by atoms with van der Waals surface area (Å²) in [7, 11) is 0.329. The van der Waals surface area contributed by atoms with E-state index in [4.69, 9.17) is 11.6 Å². The molecule has 0 spiro atoms. The number of halogens is 1. The molecule has 1 heterocycles. The second kappa shape index (κ2) is 6.85. The number of aromatic nitrogens is 2. The van der Waals surface area contributed by atoms with E-state index in [0.29, 0.717) is 0 Å². The molecule has 0 radical (unpaired) electrons. The van der Waals surface area contributed by atoms with Crippen LogP contribution in [-0.4, -0.2) is 24.8 Å². The Morgan fingerprint density at radius 1 is 1.30 bits per heavy atom. The maximum atomic E-state index is 9.22. The fraction of sp³-hybridized carbons (Fsp3) is 0.250. The standard InChI is InChI=1S/C11H12ClN2.CH4O4S/c1-13-10(8-11(12)14(13)2)9-6-4-3-5-7-9;1-5-6(2,3)4/h3-8H,1-2H3;1H3,(H,2,3,4)/q+1;/p-1. The Bertz CT molecular complexity index is 668. The van der Waals surface area contributed by atoms with Crippen molar-refractivity contribution in [2.45, 2.75) is 0 Å². The van der Waals surface area contributed by atoms with Crippen LogP contribution in [0, 0.1) is 0 Å². The fourth-order valence-corrected chi connectivity index (χ4v) is 1.70. The Hall–Kier alpha value is -1.41. The zero-order chi connectivity index (χ0) is 15.3. The van der Waals surface area contributed by atoms with Gasteiger partial charge in [0.25, 0.3) is 0 Å². The Labute approximate surface area is 123 Å². The molecule has 1 aromatic heterocycles. The SMILES string of the molecule is COS(=O)(=O)[O-].Cn1c(Cl)cc(-c2ccccc2)[n+]1C. The molecule has 1 aromatic carbocycles. The minimum absolute atomic E-state index is 0.742. The van der Waals surface area contributed by atoms with Crippen LogP contribution in [0.5, 0.6) is 0 Å². The first-order chi connectivity index (χ1) is 9.26. The van der Waals surface area contributed by atoms with E-state index < -0.39 is 10.4 Å². The molecule has 0 N–H and O–H groups in total. The summed E-state index contributed by atoms with van der Waals surface area (Å²) in [6.45, 7) is 0. The van der Waals surface area contributed by atoms with Gasteiger partial charge < -0.3 is 4.55 Å². The third-order valence-electron chi connectivity index (χ3n) is 2.64. The van der Waals surface area contributed by atoms with Crippen molar-refractivity contribution in [3.8, 4) is 11.3 Å². The molecule has 2 aromatic rings. The summed E-state index contributed by atoms with van der Waals surface area (Å²) in [6.07, 6.45) is 0. The second-order valence-corrected chi connectivity index (χ2v) is 5.38. The molecule has 0 amide bonds. The first-order valence-corrected chi connectivity index (χ1v) is 7.25. The van der Waals surface area contributed by atoms with Gasteiger partial charge in [-0.3, -0.25) is 4.18 Å². The lowest BCUT2D eigenvalue weighted by molar-refractivity contribution is -0.741. The lowest BCUT2D eigenvalue weighted by Crippen LogP contribution is -2.38. The molecule has 8 heteroatoms. The van der Waals surface area contributed by atoms with Gasteiger partial charge in [-0.25, -0.2) is 8.42 Å². The van der Waals surface area contributed by atoms with E-state index in [-0.39, 0.29) is 0 Å². The number of benzene rings is 1. The number of rotatable bonds is 2. The van der Waals surface area contributed by atoms with Gasteiger partial charge in [-0.1, -0.05) is 29.8 Å². The van der Waals surface area contributed by atoms with E-state index in [1.54, 1.807) is 0 Å². The molecule has 2 rings (SSSR count). The van der Waals surface area contributed by atoms with Gasteiger partial charge in [-0.05, 0) is 12.1 Å². The zero-order valence-corrected chi connectivity index (χ0v) is 12.9. The normalized spacial score (nSPS) is 10.8. The quantitative estimate of drug-likeness (QED) is 0.474. The Morgan fingerprint density at radius 2 is 1.80 bits per heavy atom. The largest absolute Gasteiger partial charge is 0.726 e. The number of nitrogens with zero attached hydrogens (tertiary/aromatic N) is 2. The van der Waals surface area contributed by atoms with Crippen molar-refractivity contribution < 1.29 is 21.8 Å². The van der Waals surface area contributed by atoms with E-state index in [2.05, 4.69) is 16.3 Å². The third kappa shape index (κ3) is 4.61. The highest BCUT2D eigenvalue weighted by Gasteiger charge is 2.16. The van der Waals surface area contributed by atoms with Crippen LogP contribution in [-0.2, 0) is 28.7 Å². The lowest BCUT2D eigenvalue weighted by atomic mass is 10.1. The van der Waals surface area contributed by atoms with Crippen LogP contribution in [0.3, 0.4) is 0 Å². The van der Waals surface area contributed by atoms with Crippen LogP contribution in [0.1, 0.15) is 0 Å². The summed E-state index contributed by atoms with van der Waals surface area (Å²) in [5.41, 5.74) is 2.30. The molecule has 0 atom stereocenters. The van der Waals surface area contributed by atoms with Crippen molar-refractivity contribution in [1.29, 1.82) is 0 Å². The van der Waals surface area contributed by atoms with Crippen LogP contribution in [0.15, 0.2) is 36.4 Å². The summed E-state index contributed by atoms with van der Waals surface area (Å²) >= 11 is 6.03. The first kappa shape index (κ1) is 16.6. The molecular formula is C12H15ClN2O4S. The summed E-state index contributed by atoms with van der Waals surface area (Å²) < 4.78 is 35.0. The summed E-state index contributed by atoms with van der Waals surface area (Å²) in [5.74, 6) is 0. The number of hydrogen-bond acceptors (Lipinski definition) is 4. The Balaban J connectivity index is 0.000000286.